The van der Waals surface area contributed by atoms with Crippen molar-refractivity contribution in [3.8, 4) is 5.75 Å². The van der Waals surface area contributed by atoms with Crippen molar-refractivity contribution in [2.75, 3.05) is 13.2 Å². The van der Waals surface area contributed by atoms with Crippen LogP contribution in [0.4, 0.5) is 0 Å². The zero-order valence-corrected chi connectivity index (χ0v) is 14.6. The van der Waals surface area contributed by atoms with Crippen LogP contribution in [0.5, 0.6) is 5.75 Å². The second-order valence-electron chi connectivity index (χ2n) is 5.22. The highest BCUT2D eigenvalue weighted by molar-refractivity contribution is 5.93. The predicted molar refractivity (Wildman–Crippen MR) is 94.6 cm³/mol. The Morgan fingerprint density at radius 2 is 2.04 bits per heavy atom. The van der Waals surface area contributed by atoms with Gasteiger partial charge in [0.2, 0.25) is 0 Å². The molecule has 124 valence electrons. The SMILES string of the molecule is CCOc1cc(C)c(CCNC(=O)c2cccnc2)cc1C.Cl. The molecule has 1 aromatic carbocycles. The molecule has 0 unspecified atom stereocenters. The lowest BCUT2D eigenvalue weighted by molar-refractivity contribution is 0.0953. The number of aryl methyl sites for hydroxylation is 2. The van der Waals surface area contributed by atoms with Gasteiger partial charge in [-0.1, -0.05) is 6.07 Å². The second-order valence-corrected chi connectivity index (χ2v) is 5.22. The summed E-state index contributed by atoms with van der Waals surface area (Å²) in [6.07, 6.45) is 4.02. The number of hydrogen-bond acceptors (Lipinski definition) is 3. The molecule has 23 heavy (non-hydrogen) atoms. The number of halogens is 1. The smallest absolute Gasteiger partial charge is 0.252 e. The standard InChI is InChI=1S/C18H22N2O2.ClH/c1-4-22-17-11-13(2)15(10-14(17)3)7-9-20-18(21)16-6-5-8-19-12-16;/h5-6,8,10-12H,4,7,9H2,1-3H3,(H,20,21);1H. The maximum Gasteiger partial charge on any atom is 0.252 e. The Labute approximate surface area is 143 Å². The molecule has 0 aliphatic carbocycles. The number of hydrogen-bond donors (Lipinski definition) is 1. The number of amides is 1. The first kappa shape index (κ1) is 19.0. The van der Waals surface area contributed by atoms with E-state index < -0.39 is 0 Å². The van der Waals surface area contributed by atoms with Gasteiger partial charge in [0.05, 0.1) is 12.2 Å². The van der Waals surface area contributed by atoms with Crippen LogP contribution in [0.1, 0.15) is 34.0 Å². The van der Waals surface area contributed by atoms with Crippen molar-refractivity contribution in [1.82, 2.24) is 10.3 Å². The summed E-state index contributed by atoms with van der Waals surface area (Å²) < 4.78 is 5.60. The molecule has 5 heteroatoms. The summed E-state index contributed by atoms with van der Waals surface area (Å²) in [6.45, 7) is 7.36. The van der Waals surface area contributed by atoms with Crippen LogP contribution in [0.3, 0.4) is 0 Å². The monoisotopic (exact) mass is 334 g/mol. The summed E-state index contributed by atoms with van der Waals surface area (Å²) in [7, 11) is 0. The fourth-order valence-electron chi connectivity index (χ4n) is 2.34. The van der Waals surface area contributed by atoms with Gasteiger partial charge in [0, 0.05) is 18.9 Å². The van der Waals surface area contributed by atoms with Crippen LogP contribution >= 0.6 is 12.4 Å². The Hall–Kier alpha value is -2.07. The van der Waals surface area contributed by atoms with E-state index in [2.05, 4.69) is 29.4 Å². The molecule has 2 aromatic rings. The van der Waals surface area contributed by atoms with Gasteiger partial charge < -0.3 is 10.1 Å². The number of benzene rings is 1. The fourth-order valence-corrected chi connectivity index (χ4v) is 2.34. The molecule has 1 heterocycles. The number of carbonyl (C=O) groups excluding carboxylic acids is 1. The molecule has 1 N–H and O–H groups in total. The Bertz CT molecular complexity index is 645. The maximum absolute atomic E-state index is 12.0. The second kappa shape index (κ2) is 9.16. The average molecular weight is 335 g/mol. The third-order valence-corrected chi connectivity index (χ3v) is 3.54. The maximum atomic E-state index is 12.0. The van der Waals surface area contributed by atoms with Gasteiger partial charge >= 0.3 is 0 Å². The summed E-state index contributed by atoms with van der Waals surface area (Å²) in [4.78, 5) is 15.9. The van der Waals surface area contributed by atoms with Crippen LogP contribution in [-0.4, -0.2) is 24.0 Å². The number of rotatable bonds is 6. The Morgan fingerprint density at radius 1 is 1.26 bits per heavy atom. The zero-order valence-electron chi connectivity index (χ0n) is 13.8. The minimum Gasteiger partial charge on any atom is -0.494 e. The first-order valence-corrected chi connectivity index (χ1v) is 7.53. The molecule has 0 bridgehead atoms. The fraction of sp³-hybridized carbons (Fsp3) is 0.333. The van der Waals surface area contributed by atoms with E-state index in [0.29, 0.717) is 18.7 Å². The van der Waals surface area contributed by atoms with E-state index in [4.69, 9.17) is 4.74 Å². The number of carbonyl (C=O) groups is 1. The summed E-state index contributed by atoms with van der Waals surface area (Å²) in [5.74, 6) is 0.844. The Balaban J connectivity index is 0.00000264. The molecule has 2 rings (SSSR count). The zero-order chi connectivity index (χ0) is 15.9. The van der Waals surface area contributed by atoms with Crippen molar-refractivity contribution in [3.05, 3.63) is 58.9 Å². The molecule has 0 fully saturated rings. The quantitative estimate of drug-likeness (QED) is 0.879. The molecule has 1 amide bonds. The molecule has 0 aliphatic rings. The molecule has 1 aromatic heterocycles. The highest BCUT2D eigenvalue weighted by atomic mass is 35.5. The Morgan fingerprint density at radius 3 is 2.70 bits per heavy atom. The topological polar surface area (TPSA) is 51.2 Å². The normalized spacial score (nSPS) is 9.87. The van der Waals surface area contributed by atoms with E-state index in [9.17, 15) is 4.79 Å². The third-order valence-electron chi connectivity index (χ3n) is 3.54. The lowest BCUT2D eigenvalue weighted by Crippen LogP contribution is -2.25. The number of nitrogens with one attached hydrogen (secondary N) is 1. The van der Waals surface area contributed by atoms with E-state index in [1.807, 2.05) is 13.8 Å². The molecular weight excluding hydrogens is 312 g/mol. The van der Waals surface area contributed by atoms with Crippen molar-refractivity contribution in [1.29, 1.82) is 0 Å². The van der Waals surface area contributed by atoms with Crippen molar-refractivity contribution in [2.24, 2.45) is 0 Å². The van der Waals surface area contributed by atoms with Crippen LogP contribution < -0.4 is 10.1 Å². The molecule has 0 radical (unpaired) electrons. The summed E-state index contributed by atoms with van der Waals surface area (Å²) in [6, 6.07) is 7.72. The lowest BCUT2D eigenvalue weighted by atomic mass is 10.0. The van der Waals surface area contributed by atoms with Gasteiger partial charge in [0.25, 0.3) is 5.91 Å². The molecule has 0 spiro atoms. The van der Waals surface area contributed by atoms with Crippen LogP contribution in [-0.2, 0) is 6.42 Å². The van der Waals surface area contributed by atoms with Gasteiger partial charge in [-0.05, 0) is 62.1 Å². The Kier molecular flexibility index (Phi) is 7.55. The van der Waals surface area contributed by atoms with Gasteiger partial charge in [0.15, 0.2) is 0 Å². The number of ether oxygens (including phenoxy) is 1. The van der Waals surface area contributed by atoms with Gasteiger partial charge in [-0.15, -0.1) is 12.4 Å². The van der Waals surface area contributed by atoms with Gasteiger partial charge in [0.1, 0.15) is 5.75 Å². The first-order valence-electron chi connectivity index (χ1n) is 7.53. The average Bonchev–Trinajstić information content (AvgIpc) is 2.53. The van der Waals surface area contributed by atoms with Gasteiger partial charge in [-0.25, -0.2) is 0 Å². The van der Waals surface area contributed by atoms with Crippen LogP contribution in [0.25, 0.3) is 0 Å². The minimum absolute atomic E-state index is 0. The third kappa shape index (κ3) is 5.25. The summed E-state index contributed by atoms with van der Waals surface area (Å²) >= 11 is 0. The lowest BCUT2D eigenvalue weighted by Gasteiger charge is -2.13. The van der Waals surface area contributed by atoms with Crippen molar-refractivity contribution in [2.45, 2.75) is 27.2 Å². The molecular formula is C18H23ClN2O2. The molecule has 4 nitrogen and oxygen atoms in total. The highest BCUT2D eigenvalue weighted by Gasteiger charge is 2.07. The van der Waals surface area contributed by atoms with Crippen LogP contribution in [0.15, 0.2) is 36.7 Å². The van der Waals surface area contributed by atoms with E-state index in [1.54, 1.807) is 24.5 Å². The van der Waals surface area contributed by atoms with E-state index in [1.165, 1.54) is 11.1 Å². The summed E-state index contributed by atoms with van der Waals surface area (Å²) in [5.41, 5.74) is 4.13. The van der Waals surface area contributed by atoms with Crippen molar-refractivity contribution in [3.63, 3.8) is 0 Å². The molecule has 0 saturated heterocycles. The highest BCUT2D eigenvalue weighted by Crippen LogP contribution is 2.23. The number of pyridine rings is 1. The van der Waals surface area contributed by atoms with Gasteiger partial charge in [-0.2, -0.15) is 0 Å². The van der Waals surface area contributed by atoms with E-state index in [0.717, 1.165) is 17.7 Å². The molecule has 0 atom stereocenters. The van der Waals surface area contributed by atoms with Crippen molar-refractivity contribution < 1.29 is 9.53 Å². The minimum atomic E-state index is -0.0894. The van der Waals surface area contributed by atoms with Gasteiger partial charge in [-0.3, -0.25) is 9.78 Å². The molecule has 0 aliphatic heterocycles. The van der Waals surface area contributed by atoms with Crippen molar-refractivity contribution >= 4 is 18.3 Å². The summed E-state index contributed by atoms with van der Waals surface area (Å²) in [5, 5.41) is 2.92. The number of aromatic nitrogens is 1. The van der Waals surface area contributed by atoms with Crippen LogP contribution in [0, 0.1) is 13.8 Å². The van der Waals surface area contributed by atoms with Crippen LogP contribution in [0.2, 0.25) is 0 Å². The first-order chi connectivity index (χ1) is 10.6. The van der Waals surface area contributed by atoms with E-state index in [-0.39, 0.29) is 18.3 Å². The number of nitrogens with zero attached hydrogens (tertiary/aromatic N) is 1. The predicted octanol–water partition coefficient (Wildman–Crippen LogP) is 3.49. The van der Waals surface area contributed by atoms with E-state index >= 15 is 0 Å². The molecule has 0 saturated carbocycles. The largest absolute Gasteiger partial charge is 0.494 e.